The summed E-state index contributed by atoms with van der Waals surface area (Å²) in [5.41, 5.74) is 0.165. The summed E-state index contributed by atoms with van der Waals surface area (Å²) in [7, 11) is 0. The van der Waals surface area contributed by atoms with Crippen LogP contribution in [0, 0.1) is 0 Å². The molecule has 0 saturated heterocycles. The average molecular weight is 434 g/mol. The van der Waals surface area contributed by atoms with Crippen LogP contribution in [0.15, 0.2) is 72.8 Å². The van der Waals surface area contributed by atoms with Crippen LogP contribution in [0.2, 0.25) is 0 Å². The molecule has 0 atom stereocenters. The van der Waals surface area contributed by atoms with E-state index in [9.17, 15) is 9.59 Å². The molecule has 0 amide bonds. The number of para-hydroxylation sites is 4. The second-order valence-corrected chi connectivity index (χ2v) is 7.55. The van der Waals surface area contributed by atoms with E-state index in [1.807, 2.05) is 27.7 Å². The summed E-state index contributed by atoms with van der Waals surface area (Å²) in [6, 6.07) is 20.1. The predicted molar refractivity (Wildman–Crippen MR) is 121 cm³/mol. The summed E-state index contributed by atoms with van der Waals surface area (Å²) in [5, 5.41) is 0. The van der Waals surface area contributed by atoms with Crippen molar-refractivity contribution in [2.45, 2.75) is 39.9 Å². The minimum Gasteiger partial charge on any atom is -0.487 e. The monoisotopic (exact) mass is 434 g/mol. The van der Waals surface area contributed by atoms with Gasteiger partial charge in [-0.1, -0.05) is 36.4 Å². The Morgan fingerprint density at radius 1 is 0.531 bits per heavy atom. The lowest BCUT2D eigenvalue weighted by molar-refractivity contribution is 0.0683. The molecule has 3 aromatic carbocycles. The van der Waals surface area contributed by atoms with Crippen molar-refractivity contribution in [1.82, 2.24) is 0 Å². The molecule has 6 heteroatoms. The molecule has 0 fully saturated rings. The molecule has 0 spiro atoms. The molecule has 6 nitrogen and oxygen atoms in total. The third-order valence-electron chi connectivity index (χ3n) is 4.20. The Morgan fingerprint density at radius 2 is 0.844 bits per heavy atom. The summed E-state index contributed by atoms with van der Waals surface area (Å²) in [6.45, 7) is 7.52. The number of carbonyl (C=O) groups excluding carboxylic acids is 2. The lowest BCUT2D eigenvalue weighted by Crippen LogP contribution is -2.18. The van der Waals surface area contributed by atoms with Crippen LogP contribution in [0.25, 0.3) is 0 Å². The van der Waals surface area contributed by atoms with Gasteiger partial charge in [0, 0.05) is 0 Å². The number of hydrogen-bond donors (Lipinski definition) is 0. The van der Waals surface area contributed by atoms with Crippen LogP contribution in [0.3, 0.4) is 0 Å². The standard InChI is InChI=1S/C26H26O6/c1-17(2)29-21-13-7-9-15-23(21)31-25(27)19-11-5-6-12-20(19)26(28)32-24-16-10-8-14-22(24)30-18(3)4/h5-18H,1-4H3. The molecule has 0 N–H and O–H groups in total. The zero-order valence-electron chi connectivity index (χ0n) is 18.5. The smallest absolute Gasteiger partial charge is 0.344 e. The second-order valence-electron chi connectivity index (χ2n) is 7.55. The van der Waals surface area contributed by atoms with Crippen molar-refractivity contribution in [3.8, 4) is 23.0 Å². The zero-order valence-corrected chi connectivity index (χ0v) is 18.5. The SMILES string of the molecule is CC(C)Oc1ccccc1OC(=O)c1ccccc1C(=O)Oc1ccccc1OC(C)C. The molecule has 32 heavy (non-hydrogen) atoms. The van der Waals surface area contributed by atoms with E-state index in [0.29, 0.717) is 11.5 Å². The van der Waals surface area contributed by atoms with Gasteiger partial charge in [-0.15, -0.1) is 0 Å². The summed E-state index contributed by atoms with van der Waals surface area (Å²) < 4.78 is 22.5. The Kier molecular flexibility index (Phi) is 7.49. The van der Waals surface area contributed by atoms with Crippen molar-refractivity contribution in [2.75, 3.05) is 0 Å². The van der Waals surface area contributed by atoms with Gasteiger partial charge >= 0.3 is 11.9 Å². The van der Waals surface area contributed by atoms with Crippen LogP contribution >= 0.6 is 0 Å². The maximum atomic E-state index is 12.9. The van der Waals surface area contributed by atoms with E-state index < -0.39 is 11.9 Å². The van der Waals surface area contributed by atoms with Crippen LogP contribution in [-0.2, 0) is 0 Å². The number of esters is 2. The molecule has 0 aliphatic heterocycles. The Hall–Kier alpha value is -3.80. The van der Waals surface area contributed by atoms with Gasteiger partial charge in [0.1, 0.15) is 0 Å². The molecule has 3 aromatic rings. The molecule has 0 heterocycles. The lowest BCUT2D eigenvalue weighted by atomic mass is 10.1. The van der Waals surface area contributed by atoms with E-state index in [4.69, 9.17) is 18.9 Å². The van der Waals surface area contributed by atoms with E-state index in [1.54, 1.807) is 60.7 Å². The zero-order chi connectivity index (χ0) is 23.1. The fourth-order valence-electron chi connectivity index (χ4n) is 2.92. The quantitative estimate of drug-likeness (QED) is 0.335. The average Bonchev–Trinajstić information content (AvgIpc) is 2.75. The summed E-state index contributed by atoms with van der Waals surface area (Å²) in [4.78, 5) is 25.9. The normalized spacial score (nSPS) is 10.7. The van der Waals surface area contributed by atoms with Gasteiger partial charge in [-0.05, 0) is 64.1 Å². The highest BCUT2D eigenvalue weighted by Crippen LogP contribution is 2.30. The molecular weight excluding hydrogens is 408 g/mol. The van der Waals surface area contributed by atoms with Gasteiger partial charge in [-0.3, -0.25) is 0 Å². The largest absolute Gasteiger partial charge is 0.487 e. The minimum atomic E-state index is -0.691. The van der Waals surface area contributed by atoms with E-state index in [2.05, 4.69) is 0 Å². The first-order valence-corrected chi connectivity index (χ1v) is 10.4. The van der Waals surface area contributed by atoms with Crippen LogP contribution in [0.4, 0.5) is 0 Å². The van der Waals surface area contributed by atoms with Crippen LogP contribution in [0.5, 0.6) is 23.0 Å². The lowest BCUT2D eigenvalue weighted by Gasteiger charge is -2.15. The van der Waals surface area contributed by atoms with Crippen LogP contribution in [0.1, 0.15) is 48.4 Å². The summed E-state index contributed by atoms with van der Waals surface area (Å²) in [5.74, 6) is 0.0366. The molecule has 3 rings (SSSR count). The molecule has 0 aliphatic carbocycles. The molecule has 0 unspecified atom stereocenters. The van der Waals surface area contributed by atoms with E-state index >= 15 is 0 Å². The highest BCUT2D eigenvalue weighted by Gasteiger charge is 2.22. The Bertz CT molecular complexity index is 1000. The Balaban J connectivity index is 1.84. The van der Waals surface area contributed by atoms with Gasteiger partial charge in [0.05, 0.1) is 23.3 Å². The van der Waals surface area contributed by atoms with Gasteiger partial charge in [0.25, 0.3) is 0 Å². The van der Waals surface area contributed by atoms with Crippen molar-refractivity contribution in [2.24, 2.45) is 0 Å². The van der Waals surface area contributed by atoms with E-state index in [0.717, 1.165) is 0 Å². The topological polar surface area (TPSA) is 71.1 Å². The fraction of sp³-hybridized carbons (Fsp3) is 0.231. The number of benzene rings is 3. The van der Waals surface area contributed by atoms with Crippen molar-refractivity contribution >= 4 is 11.9 Å². The summed E-state index contributed by atoms with van der Waals surface area (Å²) >= 11 is 0. The van der Waals surface area contributed by atoms with Crippen molar-refractivity contribution in [1.29, 1.82) is 0 Å². The molecule has 166 valence electrons. The van der Waals surface area contributed by atoms with Gasteiger partial charge in [0.2, 0.25) is 0 Å². The highest BCUT2D eigenvalue weighted by atomic mass is 16.6. The maximum absolute atomic E-state index is 12.9. The first-order valence-electron chi connectivity index (χ1n) is 10.4. The van der Waals surface area contributed by atoms with E-state index in [1.165, 1.54) is 12.1 Å². The minimum absolute atomic E-state index is 0.0825. The third-order valence-corrected chi connectivity index (χ3v) is 4.20. The summed E-state index contributed by atoms with van der Waals surface area (Å²) in [6.07, 6.45) is -0.185. The first-order chi connectivity index (χ1) is 15.3. The maximum Gasteiger partial charge on any atom is 0.344 e. The molecule has 0 bridgehead atoms. The highest BCUT2D eigenvalue weighted by molar-refractivity contribution is 6.04. The van der Waals surface area contributed by atoms with Crippen molar-refractivity contribution < 1.29 is 28.5 Å². The Morgan fingerprint density at radius 3 is 1.19 bits per heavy atom. The first kappa shape index (κ1) is 22.9. The fourth-order valence-corrected chi connectivity index (χ4v) is 2.92. The van der Waals surface area contributed by atoms with Gasteiger partial charge < -0.3 is 18.9 Å². The number of ether oxygens (including phenoxy) is 4. The van der Waals surface area contributed by atoms with Crippen molar-refractivity contribution in [3.63, 3.8) is 0 Å². The third kappa shape index (κ3) is 5.88. The molecule has 0 aliphatic rings. The van der Waals surface area contributed by atoms with Crippen molar-refractivity contribution in [3.05, 3.63) is 83.9 Å². The number of hydrogen-bond acceptors (Lipinski definition) is 6. The van der Waals surface area contributed by atoms with Crippen LogP contribution in [-0.4, -0.2) is 24.1 Å². The molecule has 0 radical (unpaired) electrons. The van der Waals surface area contributed by atoms with Gasteiger partial charge in [-0.2, -0.15) is 0 Å². The van der Waals surface area contributed by atoms with Gasteiger partial charge in [-0.25, -0.2) is 9.59 Å². The molecule has 0 aromatic heterocycles. The second kappa shape index (κ2) is 10.5. The Labute approximate surface area is 187 Å². The molecular formula is C26H26O6. The predicted octanol–water partition coefficient (Wildman–Crippen LogP) is 5.70. The van der Waals surface area contributed by atoms with Gasteiger partial charge in [0.15, 0.2) is 23.0 Å². The number of rotatable bonds is 8. The molecule has 0 saturated carbocycles. The van der Waals surface area contributed by atoms with Crippen LogP contribution < -0.4 is 18.9 Å². The van der Waals surface area contributed by atoms with E-state index in [-0.39, 0.29) is 34.8 Å². The number of carbonyl (C=O) groups is 2.